The van der Waals surface area contributed by atoms with Gasteiger partial charge in [-0.25, -0.2) is 14.8 Å². The van der Waals surface area contributed by atoms with Crippen molar-refractivity contribution in [2.45, 2.75) is 38.8 Å². The third-order valence-corrected chi connectivity index (χ3v) is 7.47. The van der Waals surface area contributed by atoms with Gasteiger partial charge in [-0.3, -0.25) is 23.6 Å². The van der Waals surface area contributed by atoms with Crippen molar-refractivity contribution in [2.75, 3.05) is 13.2 Å². The zero-order chi connectivity index (χ0) is 25.2. The fraction of sp³-hybridized carbons (Fsp3) is 0.391. The van der Waals surface area contributed by atoms with E-state index >= 15 is 0 Å². The molecule has 1 atom stereocenters. The van der Waals surface area contributed by atoms with E-state index in [9.17, 15) is 19.5 Å². The lowest BCUT2D eigenvalue weighted by molar-refractivity contribution is -0.0796. The molecule has 0 spiro atoms. The average Bonchev–Trinajstić information content (AvgIpc) is 3.47. The molecule has 12 heteroatoms. The van der Waals surface area contributed by atoms with Crippen molar-refractivity contribution in [1.82, 2.24) is 23.6 Å². The van der Waals surface area contributed by atoms with Gasteiger partial charge in [-0.15, -0.1) is 11.3 Å². The number of aromatic nitrogens is 4. The number of carbonyl (C=O) groups excluding carboxylic acids is 1. The number of nitrogens with zero attached hydrogens (tertiary/aromatic N) is 5. The Morgan fingerprint density at radius 3 is 2.74 bits per heavy atom. The molecule has 1 N–H and O–H groups in total. The molecule has 184 valence electrons. The third kappa shape index (κ3) is 3.88. The SMILES string of the molecule is CC(C)n1c(=O)n(C)c(=O)c2c(C(=O)N3C[C@](C)(O)CO3)c(Cc3cnc4ccc(Cl)cn34)sc21. The number of carbonyl (C=O) groups is 1. The Kier molecular flexibility index (Phi) is 5.63. The Hall–Kier alpha value is -2.99. The number of hydrogen-bond acceptors (Lipinski definition) is 7. The van der Waals surface area contributed by atoms with Crippen molar-refractivity contribution < 1.29 is 14.7 Å². The van der Waals surface area contributed by atoms with E-state index in [1.165, 1.54) is 23.0 Å². The van der Waals surface area contributed by atoms with Crippen LogP contribution in [0.25, 0.3) is 15.9 Å². The summed E-state index contributed by atoms with van der Waals surface area (Å²) in [5.41, 5.74) is -0.605. The van der Waals surface area contributed by atoms with Gasteiger partial charge < -0.3 is 9.51 Å². The van der Waals surface area contributed by atoms with Gasteiger partial charge in [0.05, 0.1) is 22.5 Å². The lowest BCUT2D eigenvalue weighted by Crippen LogP contribution is -2.39. The van der Waals surface area contributed by atoms with Crippen LogP contribution in [0.4, 0.5) is 0 Å². The third-order valence-electron chi connectivity index (χ3n) is 6.05. The number of pyridine rings is 1. The van der Waals surface area contributed by atoms with Crippen LogP contribution in [-0.2, 0) is 18.3 Å². The second kappa shape index (κ2) is 8.30. The first-order valence-electron chi connectivity index (χ1n) is 11.0. The van der Waals surface area contributed by atoms with Crippen LogP contribution in [0, 0.1) is 0 Å². The van der Waals surface area contributed by atoms with Gasteiger partial charge in [0.2, 0.25) is 0 Å². The van der Waals surface area contributed by atoms with Crippen LogP contribution in [-0.4, -0.2) is 53.3 Å². The van der Waals surface area contributed by atoms with Crippen LogP contribution in [0.3, 0.4) is 0 Å². The molecular weight excluding hydrogens is 494 g/mol. The fourth-order valence-corrected chi connectivity index (χ4v) is 5.90. The van der Waals surface area contributed by atoms with Crippen LogP contribution in [0.1, 0.15) is 47.7 Å². The molecule has 1 aliphatic rings. The molecule has 0 aromatic carbocycles. The van der Waals surface area contributed by atoms with Crippen molar-refractivity contribution in [1.29, 1.82) is 0 Å². The number of fused-ring (bicyclic) bond motifs is 2. The van der Waals surface area contributed by atoms with E-state index in [4.69, 9.17) is 16.4 Å². The van der Waals surface area contributed by atoms with E-state index < -0.39 is 22.8 Å². The second-order valence-corrected chi connectivity index (χ2v) is 10.8. The van der Waals surface area contributed by atoms with Gasteiger partial charge in [-0.1, -0.05) is 11.6 Å². The fourth-order valence-electron chi connectivity index (χ4n) is 4.32. The molecule has 4 aromatic heterocycles. The largest absolute Gasteiger partial charge is 0.386 e. The zero-order valence-corrected chi connectivity index (χ0v) is 21.2. The van der Waals surface area contributed by atoms with E-state index in [1.807, 2.05) is 18.2 Å². The van der Waals surface area contributed by atoms with Gasteiger partial charge in [-0.2, -0.15) is 0 Å². The molecule has 4 aromatic rings. The number of thiophene rings is 1. The summed E-state index contributed by atoms with van der Waals surface area (Å²) in [5.74, 6) is -0.540. The Balaban J connectivity index is 1.77. The highest BCUT2D eigenvalue weighted by Gasteiger charge is 2.39. The standard InChI is InChI=1S/C23H24ClN5O5S/c1-12(2)29-21-18(19(30)26(4)22(29)32)17(20(31)28-10-23(3,33)11-34-28)15(35-21)7-14-8-25-16-6-5-13(24)9-27(14)16/h5-6,8-9,12,33H,7,10-11H2,1-4H3/t23-/m0/s1. The topological polar surface area (TPSA) is 111 Å². The smallest absolute Gasteiger partial charge is 0.332 e. The lowest BCUT2D eigenvalue weighted by Gasteiger charge is -2.17. The van der Waals surface area contributed by atoms with Crippen molar-refractivity contribution in [3.8, 4) is 0 Å². The first-order valence-corrected chi connectivity index (χ1v) is 12.2. The van der Waals surface area contributed by atoms with Crippen LogP contribution in [0.2, 0.25) is 5.02 Å². The van der Waals surface area contributed by atoms with Crippen molar-refractivity contribution >= 4 is 44.7 Å². The summed E-state index contributed by atoms with van der Waals surface area (Å²) in [7, 11) is 1.40. The van der Waals surface area contributed by atoms with Gasteiger partial charge in [-0.05, 0) is 32.9 Å². The molecule has 35 heavy (non-hydrogen) atoms. The predicted molar refractivity (Wildman–Crippen MR) is 132 cm³/mol. The predicted octanol–water partition coefficient (Wildman–Crippen LogP) is 2.37. The van der Waals surface area contributed by atoms with Crippen molar-refractivity contribution in [2.24, 2.45) is 7.05 Å². The normalized spacial score (nSPS) is 18.4. The summed E-state index contributed by atoms with van der Waals surface area (Å²) in [6, 6.07) is 3.28. The van der Waals surface area contributed by atoms with E-state index in [0.29, 0.717) is 20.4 Å². The summed E-state index contributed by atoms with van der Waals surface area (Å²) >= 11 is 7.42. The lowest BCUT2D eigenvalue weighted by atomic mass is 10.1. The molecule has 1 saturated heterocycles. The molecule has 1 amide bonds. The second-order valence-electron chi connectivity index (χ2n) is 9.30. The maximum absolute atomic E-state index is 13.7. The van der Waals surface area contributed by atoms with Gasteiger partial charge in [0.1, 0.15) is 22.7 Å². The van der Waals surface area contributed by atoms with Crippen LogP contribution in [0.15, 0.2) is 34.1 Å². The van der Waals surface area contributed by atoms with E-state index in [1.54, 1.807) is 31.5 Å². The van der Waals surface area contributed by atoms with Crippen LogP contribution < -0.4 is 11.2 Å². The van der Waals surface area contributed by atoms with E-state index in [-0.39, 0.29) is 36.6 Å². The number of β-amino-alcohol motifs (C(OH)–C–C–N with tert-alkyl or cyclic N) is 1. The van der Waals surface area contributed by atoms with Crippen molar-refractivity contribution in [3.05, 3.63) is 66.5 Å². The molecule has 0 aliphatic carbocycles. The molecule has 0 saturated carbocycles. The Bertz CT molecular complexity index is 1610. The number of aliphatic hydroxyl groups is 1. The number of halogens is 1. The number of hydroxylamine groups is 2. The highest BCUT2D eigenvalue weighted by molar-refractivity contribution is 7.19. The molecule has 10 nitrogen and oxygen atoms in total. The number of amides is 1. The first-order chi connectivity index (χ1) is 16.5. The van der Waals surface area contributed by atoms with Gasteiger partial charge >= 0.3 is 5.69 Å². The minimum Gasteiger partial charge on any atom is -0.386 e. The van der Waals surface area contributed by atoms with E-state index in [0.717, 1.165) is 15.3 Å². The minimum atomic E-state index is -1.20. The molecular formula is C23H24ClN5O5S. The van der Waals surface area contributed by atoms with Crippen LogP contribution >= 0.6 is 22.9 Å². The highest BCUT2D eigenvalue weighted by Crippen LogP contribution is 2.34. The average molecular weight is 518 g/mol. The highest BCUT2D eigenvalue weighted by atomic mass is 35.5. The number of imidazole rings is 1. The van der Waals surface area contributed by atoms with E-state index in [2.05, 4.69) is 4.98 Å². The number of hydrogen-bond donors (Lipinski definition) is 1. The molecule has 0 bridgehead atoms. The Labute approximate surface area is 208 Å². The molecule has 0 radical (unpaired) electrons. The summed E-state index contributed by atoms with van der Waals surface area (Å²) in [4.78, 5) is 50.9. The first kappa shape index (κ1) is 23.7. The number of rotatable bonds is 4. The molecule has 0 unspecified atom stereocenters. The monoisotopic (exact) mass is 517 g/mol. The van der Waals surface area contributed by atoms with Gasteiger partial charge in [0.25, 0.3) is 11.5 Å². The summed E-state index contributed by atoms with van der Waals surface area (Å²) in [6.07, 6.45) is 3.69. The summed E-state index contributed by atoms with van der Waals surface area (Å²) < 4.78 is 4.37. The molecule has 1 aliphatic heterocycles. The summed E-state index contributed by atoms with van der Waals surface area (Å²) in [6.45, 7) is 5.18. The molecule has 5 rings (SSSR count). The quantitative estimate of drug-likeness (QED) is 0.445. The maximum atomic E-state index is 13.7. The van der Waals surface area contributed by atoms with Gasteiger partial charge in [0.15, 0.2) is 0 Å². The van der Waals surface area contributed by atoms with Crippen molar-refractivity contribution in [3.63, 3.8) is 0 Å². The minimum absolute atomic E-state index is 0.0437. The molecule has 1 fully saturated rings. The zero-order valence-electron chi connectivity index (χ0n) is 19.6. The Morgan fingerprint density at radius 1 is 1.34 bits per heavy atom. The summed E-state index contributed by atoms with van der Waals surface area (Å²) in [5, 5.41) is 12.1. The van der Waals surface area contributed by atoms with Gasteiger partial charge in [0, 0.05) is 42.5 Å². The van der Waals surface area contributed by atoms with Crippen LogP contribution in [0.5, 0.6) is 0 Å². The molecule has 5 heterocycles. The maximum Gasteiger partial charge on any atom is 0.332 e. The Morgan fingerprint density at radius 2 is 2.09 bits per heavy atom.